The summed E-state index contributed by atoms with van der Waals surface area (Å²) in [5, 5.41) is 2.55. The number of hydrogen-bond donors (Lipinski definition) is 1. The topological polar surface area (TPSA) is 54.9 Å². The third kappa shape index (κ3) is 3.35. The first-order valence-electron chi connectivity index (χ1n) is 5.54. The Morgan fingerprint density at radius 3 is 2.47 bits per heavy atom. The maximum Gasteiger partial charge on any atom is 0.259 e. The number of aryl methyl sites for hydroxylation is 2. The molecule has 1 aromatic carbocycles. The molecule has 0 unspecified atom stereocenters. The van der Waals surface area contributed by atoms with Gasteiger partial charge in [0.25, 0.3) is 5.91 Å². The number of nitrogens with zero attached hydrogens (tertiary/aromatic N) is 2. The normalized spacial score (nSPS) is 10.3. The number of benzene rings is 1. The van der Waals surface area contributed by atoms with E-state index in [1.807, 2.05) is 13.8 Å². The molecule has 1 heterocycles. The molecule has 0 atom stereocenters. The molecule has 0 spiro atoms. The predicted octanol–water partition coefficient (Wildman–Crippen LogP) is 3.25. The van der Waals surface area contributed by atoms with Crippen LogP contribution >= 0.6 is 15.9 Å². The largest absolute Gasteiger partial charge is 0.290 e. The molecule has 1 aromatic heterocycles. The predicted molar refractivity (Wildman–Crippen MR) is 73.6 cm³/mol. The van der Waals surface area contributed by atoms with Gasteiger partial charge in [-0.2, -0.15) is 0 Å². The fourth-order valence-electron chi connectivity index (χ4n) is 1.62. The fraction of sp³-hybridized carbons (Fsp3) is 0.154. The van der Waals surface area contributed by atoms with Gasteiger partial charge in [-0.3, -0.25) is 10.1 Å². The van der Waals surface area contributed by atoms with Crippen molar-refractivity contribution in [3.8, 4) is 0 Å². The summed E-state index contributed by atoms with van der Waals surface area (Å²) >= 11 is 3.21. The van der Waals surface area contributed by atoms with Crippen LogP contribution in [-0.4, -0.2) is 15.9 Å². The zero-order valence-corrected chi connectivity index (χ0v) is 12.0. The van der Waals surface area contributed by atoms with E-state index in [2.05, 4.69) is 31.2 Å². The van der Waals surface area contributed by atoms with E-state index in [0.717, 1.165) is 17.5 Å². The van der Waals surface area contributed by atoms with Gasteiger partial charge in [0.05, 0.1) is 5.56 Å². The maximum absolute atomic E-state index is 13.1. The van der Waals surface area contributed by atoms with Crippen molar-refractivity contribution in [2.45, 2.75) is 13.8 Å². The van der Waals surface area contributed by atoms with E-state index in [-0.39, 0.29) is 11.5 Å². The average molecular weight is 324 g/mol. The molecule has 2 aromatic rings. The first kappa shape index (κ1) is 13.6. The number of nitrogens with one attached hydrogen (secondary N) is 1. The van der Waals surface area contributed by atoms with Crippen molar-refractivity contribution >= 4 is 27.8 Å². The van der Waals surface area contributed by atoms with Crippen molar-refractivity contribution < 1.29 is 9.18 Å². The van der Waals surface area contributed by atoms with Gasteiger partial charge in [0.2, 0.25) is 5.95 Å². The van der Waals surface area contributed by atoms with Gasteiger partial charge in [-0.15, -0.1) is 0 Å². The Kier molecular flexibility index (Phi) is 3.90. The highest BCUT2D eigenvalue weighted by atomic mass is 79.9. The highest BCUT2D eigenvalue weighted by Crippen LogP contribution is 2.18. The lowest BCUT2D eigenvalue weighted by molar-refractivity contribution is 0.102. The SMILES string of the molecule is Cc1cc(C)nc(NC(=O)c2cc(F)ccc2Br)n1. The van der Waals surface area contributed by atoms with Crippen molar-refractivity contribution in [3.63, 3.8) is 0 Å². The van der Waals surface area contributed by atoms with Crippen molar-refractivity contribution in [1.82, 2.24) is 9.97 Å². The molecule has 0 aliphatic heterocycles. The maximum atomic E-state index is 13.1. The Hall–Kier alpha value is -1.82. The van der Waals surface area contributed by atoms with Crippen LogP contribution in [0.15, 0.2) is 28.7 Å². The molecule has 6 heteroatoms. The summed E-state index contributed by atoms with van der Waals surface area (Å²) in [5.74, 6) is -0.732. The first-order chi connectivity index (χ1) is 8.95. The Morgan fingerprint density at radius 1 is 1.21 bits per heavy atom. The number of halogens is 2. The fourth-order valence-corrected chi connectivity index (χ4v) is 2.05. The van der Waals surface area contributed by atoms with Gasteiger partial charge in [0.1, 0.15) is 5.82 Å². The minimum atomic E-state index is -0.477. The molecule has 0 bridgehead atoms. The van der Waals surface area contributed by atoms with E-state index < -0.39 is 11.7 Å². The lowest BCUT2D eigenvalue weighted by Crippen LogP contribution is -2.15. The number of aromatic nitrogens is 2. The van der Waals surface area contributed by atoms with E-state index in [1.165, 1.54) is 12.1 Å². The Bertz CT molecular complexity index is 626. The van der Waals surface area contributed by atoms with Crippen molar-refractivity contribution in [3.05, 3.63) is 51.5 Å². The number of carbonyl (C=O) groups is 1. The summed E-state index contributed by atoms with van der Waals surface area (Å²) in [5.41, 5.74) is 1.70. The van der Waals surface area contributed by atoms with Gasteiger partial charge >= 0.3 is 0 Å². The summed E-state index contributed by atoms with van der Waals surface area (Å²) in [4.78, 5) is 20.2. The van der Waals surface area contributed by atoms with Crippen molar-refractivity contribution in [2.24, 2.45) is 0 Å². The van der Waals surface area contributed by atoms with Gasteiger partial charge in [0, 0.05) is 15.9 Å². The van der Waals surface area contributed by atoms with E-state index in [1.54, 1.807) is 6.07 Å². The second kappa shape index (κ2) is 5.44. The molecule has 1 amide bonds. The van der Waals surface area contributed by atoms with Crippen molar-refractivity contribution in [1.29, 1.82) is 0 Å². The van der Waals surface area contributed by atoms with Crippen LogP contribution in [-0.2, 0) is 0 Å². The van der Waals surface area contributed by atoms with E-state index >= 15 is 0 Å². The monoisotopic (exact) mass is 323 g/mol. The molecular formula is C13H11BrFN3O. The third-order valence-electron chi connectivity index (χ3n) is 2.38. The van der Waals surface area contributed by atoms with E-state index in [4.69, 9.17) is 0 Å². The zero-order chi connectivity index (χ0) is 14.0. The Morgan fingerprint density at radius 2 is 1.84 bits per heavy atom. The minimum absolute atomic E-state index is 0.197. The molecule has 0 saturated carbocycles. The molecule has 0 aliphatic rings. The van der Waals surface area contributed by atoms with Gasteiger partial charge < -0.3 is 0 Å². The van der Waals surface area contributed by atoms with Gasteiger partial charge in [0.15, 0.2) is 0 Å². The number of anilines is 1. The lowest BCUT2D eigenvalue weighted by Gasteiger charge is -2.07. The number of carbonyl (C=O) groups excluding carboxylic acids is 1. The van der Waals surface area contributed by atoms with Crippen LogP contribution < -0.4 is 5.32 Å². The first-order valence-corrected chi connectivity index (χ1v) is 6.33. The highest BCUT2D eigenvalue weighted by molar-refractivity contribution is 9.10. The summed E-state index contributed by atoms with van der Waals surface area (Å²) in [6.45, 7) is 3.62. The summed E-state index contributed by atoms with van der Waals surface area (Å²) in [6, 6.07) is 5.70. The van der Waals surface area contributed by atoms with Gasteiger partial charge in [-0.05, 0) is 54.0 Å². The molecular weight excluding hydrogens is 313 g/mol. The summed E-state index contributed by atoms with van der Waals surface area (Å²) < 4.78 is 13.7. The van der Waals surface area contributed by atoms with E-state index in [9.17, 15) is 9.18 Å². The van der Waals surface area contributed by atoms with Crippen LogP contribution in [0.3, 0.4) is 0 Å². The van der Waals surface area contributed by atoms with Crippen LogP contribution in [0.25, 0.3) is 0 Å². The quantitative estimate of drug-likeness (QED) is 0.923. The van der Waals surface area contributed by atoms with Gasteiger partial charge in [-0.25, -0.2) is 14.4 Å². The number of amides is 1. The smallest absolute Gasteiger partial charge is 0.259 e. The summed E-state index contributed by atoms with van der Waals surface area (Å²) in [6.07, 6.45) is 0. The minimum Gasteiger partial charge on any atom is -0.290 e. The van der Waals surface area contributed by atoms with Crippen LogP contribution in [0.1, 0.15) is 21.7 Å². The molecule has 0 radical (unpaired) electrons. The second-order valence-electron chi connectivity index (χ2n) is 4.05. The lowest BCUT2D eigenvalue weighted by atomic mass is 10.2. The van der Waals surface area contributed by atoms with Gasteiger partial charge in [-0.1, -0.05) is 0 Å². The number of hydrogen-bond acceptors (Lipinski definition) is 3. The standard InChI is InChI=1S/C13H11BrFN3O/c1-7-5-8(2)17-13(16-7)18-12(19)10-6-9(15)3-4-11(10)14/h3-6H,1-2H3,(H,16,17,18,19). The summed E-state index contributed by atoms with van der Waals surface area (Å²) in [7, 11) is 0. The molecule has 19 heavy (non-hydrogen) atoms. The number of rotatable bonds is 2. The van der Waals surface area contributed by atoms with Crippen LogP contribution in [0, 0.1) is 19.7 Å². The molecule has 1 N–H and O–H groups in total. The average Bonchev–Trinajstić information content (AvgIpc) is 2.30. The zero-order valence-electron chi connectivity index (χ0n) is 10.4. The van der Waals surface area contributed by atoms with Crippen LogP contribution in [0.2, 0.25) is 0 Å². The second-order valence-corrected chi connectivity index (χ2v) is 4.91. The molecule has 98 valence electrons. The third-order valence-corrected chi connectivity index (χ3v) is 3.07. The van der Waals surface area contributed by atoms with Crippen molar-refractivity contribution in [2.75, 3.05) is 5.32 Å². The van der Waals surface area contributed by atoms with Crippen LogP contribution in [0.4, 0.5) is 10.3 Å². The molecule has 2 rings (SSSR count). The Balaban J connectivity index is 2.28. The van der Waals surface area contributed by atoms with E-state index in [0.29, 0.717) is 4.47 Å². The van der Waals surface area contributed by atoms with Crippen LogP contribution in [0.5, 0.6) is 0 Å². The molecule has 4 nitrogen and oxygen atoms in total. The molecule has 0 saturated heterocycles. The molecule has 0 fully saturated rings. The highest BCUT2D eigenvalue weighted by Gasteiger charge is 2.13. The molecule has 0 aliphatic carbocycles. The Labute approximate surface area is 118 Å².